The third kappa shape index (κ3) is 0.789. The number of imidazole rings is 1. The summed E-state index contributed by atoms with van der Waals surface area (Å²) in [4.78, 5) is 4.54. The number of aromatic nitrogens is 3. The van der Waals surface area contributed by atoms with Gasteiger partial charge in [0.05, 0.1) is 5.52 Å². The molecule has 0 atom stereocenters. The maximum absolute atomic E-state index is 4.54. The molecule has 3 heteroatoms. The van der Waals surface area contributed by atoms with Crippen molar-refractivity contribution in [1.29, 1.82) is 0 Å². The molecule has 0 saturated carbocycles. The molecule has 0 N–H and O–H groups in total. The van der Waals surface area contributed by atoms with E-state index in [2.05, 4.69) is 33.3 Å². The van der Waals surface area contributed by atoms with Crippen molar-refractivity contribution in [2.24, 2.45) is 7.05 Å². The Morgan fingerprint density at radius 1 is 1.29 bits per heavy atom. The fourth-order valence-electron chi connectivity index (χ4n) is 1.91. The Morgan fingerprint density at radius 2 is 2.14 bits per heavy atom. The first kappa shape index (κ1) is 7.62. The predicted octanol–water partition coefficient (Wildman–Crippen LogP) is 2.13. The second kappa shape index (κ2) is 2.38. The van der Waals surface area contributed by atoms with Gasteiger partial charge >= 0.3 is 0 Å². The predicted molar refractivity (Wildman–Crippen MR) is 56.4 cm³/mol. The van der Waals surface area contributed by atoms with Crippen molar-refractivity contribution in [3.63, 3.8) is 0 Å². The van der Waals surface area contributed by atoms with Gasteiger partial charge in [0.1, 0.15) is 11.2 Å². The first-order valence-electron chi connectivity index (χ1n) is 4.66. The lowest BCUT2D eigenvalue weighted by molar-refractivity contribution is 0.883. The summed E-state index contributed by atoms with van der Waals surface area (Å²) in [5.74, 6) is 0. The van der Waals surface area contributed by atoms with E-state index in [1.807, 2.05) is 25.2 Å². The van der Waals surface area contributed by atoms with Gasteiger partial charge < -0.3 is 4.57 Å². The fraction of sp³-hybridized carbons (Fsp3) is 0.182. The van der Waals surface area contributed by atoms with Crippen molar-refractivity contribution < 1.29 is 0 Å². The number of aryl methyl sites for hydroxylation is 2. The van der Waals surface area contributed by atoms with E-state index in [4.69, 9.17) is 0 Å². The lowest BCUT2D eigenvalue weighted by Gasteiger charge is -1.97. The molecular formula is C11H11N3. The average Bonchev–Trinajstić information content (AvgIpc) is 2.65. The van der Waals surface area contributed by atoms with E-state index in [0.29, 0.717) is 0 Å². The molecule has 0 aliphatic rings. The molecule has 0 bridgehead atoms. The molecule has 0 saturated heterocycles. The minimum Gasteiger partial charge on any atom is -0.351 e. The van der Waals surface area contributed by atoms with Gasteiger partial charge in [0.15, 0.2) is 0 Å². The summed E-state index contributed by atoms with van der Waals surface area (Å²) in [6.07, 6.45) is 4.12. The third-order valence-corrected chi connectivity index (χ3v) is 2.74. The largest absolute Gasteiger partial charge is 0.351 e. The van der Waals surface area contributed by atoms with Crippen molar-refractivity contribution in [3.8, 4) is 0 Å². The van der Waals surface area contributed by atoms with E-state index >= 15 is 0 Å². The summed E-state index contributed by atoms with van der Waals surface area (Å²) < 4.78 is 4.24. The molecule has 3 heterocycles. The van der Waals surface area contributed by atoms with Gasteiger partial charge in [-0.25, -0.2) is 4.98 Å². The summed E-state index contributed by atoms with van der Waals surface area (Å²) >= 11 is 0. The molecule has 3 rings (SSSR count). The maximum atomic E-state index is 4.54. The molecule has 3 aromatic heterocycles. The van der Waals surface area contributed by atoms with E-state index in [-0.39, 0.29) is 0 Å². The van der Waals surface area contributed by atoms with Crippen LogP contribution in [0.15, 0.2) is 30.6 Å². The van der Waals surface area contributed by atoms with Gasteiger partial charge in [0.25, 0.3) is 0 Å². The van der Waals surface area contributed by atoms with Crippen molar-refractivity contribution in [2.45, 2.75) is 6.92 Å². The minimum atomic E-state index is 1.02. The van der Waals surface area contributed by atoms with Gasteiger partial charge in [-0.2, -0.15) is 0 Å². The van der Waals surface area contributed by atoms with E-state index < -0.39 is 0 Å². The zero-order valence-electron chi connectivity index (χ0n) is 8.23. The Bertz CT molecular complexity index is 616. The smallest absolute Gasteiger partial charge is 0.138 e. The molecule has 0 aliphatic heterocycles. The zero-order chi connectivity index (χ0) is 9.71. The van der Waals surface area contributed by atoms with Gasteiger partial charge in [-0.15, -0.1) is 0 Å². The molecule has 0 radical (unpaired) electrons. The summed E-state index contributed by atoms with van der Waals surface area (Å²) in [5, 5.41) is 0. The Balaban J connectivity index is 2.62. The number of hydrogen-bond donors (Lipinski definition) is 0. The van der Waals surface area contributed by atoms with Crippen LogP contribution in [0.25, 0.3) is 16.7 Å². The molecule has 0 aliphatic carbocycles. The monoisotopic (exact) mass is 185 g/mol. The first-order valence-corrected chi connectivity index (χ1v) is 4.66. The molecule has 0 fully saturated rings. The van der Waals surface area contributed by atoms with E-state index in [0.717, 1.165) is 11.2 Å². The molecule has 0 spiro atoms. The van der Waals surface area contributed by atoms with Crippen LogP contribution < -0.4 is 0 Å². The third-order valence-electron chi connectivity index (χ3n) is 2.74. The quantitative estimate of drug-likeness (QED) is 0.526. The second-order valence-corrected chi connectivity index (χ2v) is 3.60. The van der Waals surface area contributed by atoms with Crippen LogP contribution in [-0.4, -0.2) is 14.0 Å². The Morgan fingerprint density at radius 3 is 3.00 bits per heavy atom. The number of pyridine rings is 1. The highest BCUT2D eigenvalue weighted by molar-refractivity contribution is 5.83. The van der Waals surface area contributed by atoms with Crippen molar-refractivity contribution in [3.05, 3.63) is 36.3 Å². The van der Waals surface area contributed by atoms with Crippen LogP contribution in [-0.2, 0) is 7.05 Å². The summed E-state index contributed by atoms with van der Waals surface area (Å²) in [6, 6.07) is 6.07. The van der Waals surface area contributed by atoms with Gasteiger partial charge in [-0.05, 0) is 19.1 Å². The molecule has 0 unspecified atom stereocenters. The standard InChI is InChI=1S/C11H11N3/c1-8-11-9(7-13(8)2)12-10-5-3-4-6-14(10)11/h3-7H,1-2H3. The highest BCUT2D eigenvalue weighted by Gasteiger charge is 2.09. The van der Waals surface area contributed by atoms with Gasteiger partial charge in [0, 0.05) is 25.1 Å². The fourth-order valence-corrected chi connectivity index (χ4v) is 1.91. The summed E-state index contributed by atoms with van der Waals surface area (Å²) in [6.45, 7) is 2.11. The number of rotatable bonds is 0. The highest BCUT2D eigenvalue weighted by atomic mass is 15.1. The summed E-state index contributed by atoms with van der Waals surface area (Å²) in [7, 11) is 2.05. The van der Waals surface area contributed by atoms with Gasteiger partial charge in [-0.1, -0.05) is 6.07 Å². The Hall–Kier alpha value is -1.77. The molecule has 3 aromatic rings. The average molecular weight is 185 g/mol. The topological polar surface area (TPSA) is 22.2 Å². The van der Waals surface area contributed by atoms with E-state index in [1.165, 1.54) is 11.2 Å². The summed E-state index contributed by atoms with van der Waals surface area (Å²) in [5.41, 5.74) is 4.54. The Labute approximate surface area is 81.6 Å². The van der Waals surface area contributed by atoms with Crippen LogP contribution in [0.4, 0.5) is 0 Å². The van der Waals surface area contributed by atoms with Crippen molar-refractivity contribution >= 4 is 16.7 Å². The van der Waals surface area contributed by atoms with Crippen LogP contribution >= 0.6 is 0 Å². The van der Waals surface area contributed by atoms with Crippen LogP contribution in [0, 0.1) is 6.92 Å². The van der Waals surface area contributed by atoms with Crippen LogP contribution in [0.2, 0.25) is 0 Å². The SMILES string of the molecule is Cc1c2c(cn1C)nc1ccccn12. The van der Waals surface area contributed by atoms with E-state index in [1.54, 1.807) is 0 Å². The van der Waals surface area contributed by atoms with Gasteiger partial charge in [-0.3, -0.25) is 4.40 Å². The lowest BCUT2D eigenvalue weighted by Crippen LogP contribution is -1.90. The second-order valence-electron chi connectivity index (χ2n) is 3.60. The van der Waals surface area contributed by atoms with Crippen LogP contribution in [0.5, 0.6) is 0 Å². The lowest BCUT2D eigenvalue weighted by atomic mass is 10.4. The first-order chi connectivity index (χ1) is 6.77. The van der Waals surface area contributed by atoms with Crippen LogP contribution in [0.1, 0.15) is 5.69 Å². The van der Waals surface area contributed by atoms with Crippen molar-refractivity contribution in [2.75, 3.05) is 0 Å². The van der Waals surface area contributed by atoms with E-state index in [9.17, 15) is 0 Å². The number of hydrogen-bond acceptors (Lipinski definition) is 1. The molecular weight excluding hydrogens is 174 g/mol. The number of fused-ring (bicyclic) bond motifs is 3. The Kier molecular flexibility index (Phi) is 1.29. The molecule has 3 nitrogen and oxygen atoms in total. The maximum Gasteiger partial charge on any atom is 0.138 e. The molecule has 0 amide bonds. The zero-order valence-corrected chi connectivity index (χ0v) is 8.23. The van der Waals surface area contributed by atoms with Crippen molar-refractivity contribution in [1.82, 2.24) is 14.0 Å². The molecule has 70 valence electrons. The van der Waals surface area contributed by atoms with Crippen LogP contribution in [0.3, 0.4) is 0 Å². The van der Waals surface area contributed by atoms with Gasteiger partial charge in [0.2, 0.25) is 0 Å². The molecule has 0 aromatic carbocycles. The minimum absolute atomic E-state index is 1.02. The molecule has 14 heavy (non-hydrogen) atoms. The number of nitrogens with zero attached hydrogens (tertiary/aromatic N) is 3. The highest BCUT2D eigenvalue weighted by Crippen LogP contribution is 2.20. The normalized spacial score (nSPS) is 11.6.